The molecule has 0 saturated heterocycles. The van der Waals surface area contributed by atoms with Crippen LogP contribution < -0.4 is 20.3 Å². The lowest BCUT2D eigenvalue weighted by Crippen LogP contribution is -2.42. The zero-order valence-electron chi connectivity index (χ0n) is 24.5. The van der Waals surface area contributed by atoms with Gasteiger partial charge in [0.2, 0.25) is 11.8 Å². The predicted molar refractivity (Wildman–Crippen MR) is 163 cm³/mol. The van der Waals surface area contributed by atoms with Gasteiger partial charge in [0.1, 0.15) is 0 Å². The normalized spacial score (nSPS) is 19.8. The van der Waals surface area contributed by atoms with Crippen molar-refractivity contribution >= 4 is 28.9 Å². The Kier molecular flexibility index (Phi) is 7.66. The van der Waals surface area contributed by atoms with Gasteiger partial charge in [0.25, 0.3) is 5.91 Å². The molecule has 216 valence electrons. The minimum Gasteiger partial charge on any atom is -0.477 e. The van der Waals surface area contributed by atoms with Crippen LogP contribution >= 0.6 is 0 Å². The number of likely N-dealkylation sites (N-methyl/N-ethyl adjacent to an activating group) is 1. The van der Waals surface area contributed by atoms with Gasteiger partial charge in [-0.1, -0.05) is 13.8 Å². The molecule has 2 N–H and O–H groups in total. The van der Waals surface area contributed by atoms with Gasteiger partial charge < -0.3 is 25.2 Å². The summed E-state index contributed by atoms with van der Waals surface area (Å²) < 4.78 is 8.03. The summed E-state index contributed by atoms with van der Waals surface area (Å²) in [6.45, 7) is 10.8. The molecule has 0 radical (unpaired) electrons. The molecule has 3 aliphatic rings. The average molecular weight is 557 g/mol. The first kappa shape index (κ1) is 27.3. The van der Waals surface area contributed by atoms with E-state index in [1.54, 1.807) is 23.0 Å². The predicted octanol–water partition coefficient (Wildman–Crippen LogP) is 4.92. The van der Waals surface area contributed by atoms with Gasteiger partial charge >= 0.3 is 0 Å². The number of nitrogens with zero attached hydrogens (tertiary/aromatic N) is 6. The lowest BCUT2D eigenvalue weighted by molar-refractivity contribution is 0.100. The van der Waals surface area contributed by atoms with Crippen molar-refractivity contribution in [3.63, 3.8) is 0 Å². The molecule has 10 heteroatoms. The van der Waals surface area contributed by atoms with Gasteiger partial charge in [0, 0.05) is 43.1 Å². The first-order chi connectivity index (χ1) is 19.9. The number of ether oxygens (including phenoxy) is 1. The van der Waals surface area contributed by atoms with E-state index >= 15 is 0 Å². The summed E-state index contributed by atoms with van der Waals surface area (Å²) in [7, 11) is 1.87. The van der Waals surface area contributed by atoms with Crippen LogP contribution in [0.4, 0.5) is 17.1 Å². The van der Waals surface area contributed by atoms with E-state index in [-0.39, 0.29) is 11.9 Å². The lowest BCUT2D eigenvalue weighted by Gasteiger charge is -2.30. The quantitative estimate of drug-likeness (QED) is 0.423. The Hall–Kier alpha value is -3.92. The minimum absolute atomic E-state index is 0.216. The smallest absolute Gasteiger partial charge is 0.280 e. The molecule has 1 unspecified atom stereocenters. The second-order valence-electron chi connectivity index (χ2n) is 11.2. The molecular weight excluding hydrogens is 516 g/mol. The number of aliphatic imine (C=N–C) groups is 1. The first-order valence-corrected chi connectivity index (χ1v) is 14.9. The maximum Gasteiger partial charge on any atom is 0.280 e. The molecule has 2 bridgehead atoms. The molecule has 1 atom stereocenters. The van der Waals surface area contributed by atoms with E-state index in [4.69, 9.17) is 14.7 Å². The molecule has 1 aromatic carbocycles. The summed E-state index contributed by atoms with van der Waals surface area (Å²) in [6, 6.07) is 10.2. The zero-order chi connectivity index (χ0) is 28.5. The van der Waals surface area contributed by atoms with Crippen molar-refractivity contribution < 1.29 is 9.53 Å². The number of aryl methyl sites for hydroxylation is 2. The van der Waals surface area contributed by atoms with E-state index in [1.807, 2.05) is 14.0 Å². The van der Waals surface area contributed by atoms with Gasteiger partial charge in [-0.2, -0.15) is 10.1 Å². The molecule has 10 nitrogen and oxygen atoms in total. The molecule has 1 saturated carbocycles. The Morgan fingerprint density at radius 1 is 1.15 bits per heavy atom. The van der Waals surface area contributed by atoms with Crippen molar-refractivity contribution in [1.29, 1.82) is 0 Å². The Morgan fingerprint density at radius 3 is 2.76 bits per heavy atom. The van der Waals surface area contributed by atoms with Crippen LogP contribution in [-0.2, 0) is 7.05 Å². The van der Waals surface area contributed by atoms with Gasteiger partial charge in [-0.15, -0.1) is 0 Å². The van der Waals surface area contributed by atoms with E-state index in [0.29, 0.717) is 35.6 Å². The Bertz CT molecular complexity index is 1460. The number of benzene rings is 1. The van der Waals surface area contributed by atoms with Crippen LogP contribution in [0.5, 0.6) is 5.88 Å². The molecule has 4 heterocycles. The van der Waals surface area contributed by atoms with Crippen LogP contribution in [0, 0.1) is 12.8 Å². The summed E-state index contributed by atoms with van der Waals surface area (Å²) in [5.74, 6) is 1.52. The zero-order valence-corrected chi connectivity index (χ0v) is 24.5. The molecule has 1 fully saturated rings. The first-order valence-electron chi connectivity index (χ1n) is 14.9. The summed E-state index contributed by atoms with van der Waals surface area (Å²) in [6.07, 6.45) is 5.90. The third-order valence-corrected chi connectivity index (χ3v) is 8.33. The van der Waals surface area contributed by atoms with Crippen LogP contribution in [0.3, 0.4) is 0 Å². The maximum absolute atomic E-state index is 13.7. The maximum atomic E-state index is 13.7. The van der Waals surface area contributed by atoms with Gasteiger partial charge in [-0.05, 0) is 81.9 Å². The fourth-order valence-corrected chi connectivity index (χ4v) is 5.94. The third kappa shape index (κ3) is 5.66. The molecule has 0 spiro atoms. The van der Waals surface area contributed by atoms with Crippen molar-refractivity contribution in [2.24, 2.45) is 18.0 Å². The number of nitrogens with one attached hydrogen (secondary N) is 2. The van der Waals surface area contributed by atoms with Crippen LogP contribution in [0.15, 0.2) is 41.5 Å². The largest absolute Gasteiger partial charge is 0.477 e. The number of pyridine rings is 1. The van der Waals surface area contributed by atoms with Crippen molar-refractivity contribution in [1.82, 2.24) is 19.7 Å². The number of hydrogen-bond donors (Lipinski definition) is 2. The Balaban J connectivity index is 1.36. The van der Waals surface area contributed by atoms with Gasteiger partial charge in [-0.3, -0.25) is 9.78 Å². The number of fused-ring (bicyclic) bond motifs is 7. The van der Waals surface area contributed by atoms with Crippen molar-refractivity contribution in [2.75, 3.05) is 48.3 Å². The minimum atomic E-state index is -0.299. The number of carbonyl (C=O) groups excluding carboxylic acids is 1. The Morgan fingerprint density at radius 2 is 1.98 bits per heavy atom. The highest BCUT2D eigenvalue weighted by Gasteiger charge is 2.41. The van der Waals surface area contributed by atoms with Crippen LogP contribution in [0.1, 0.15) is 55.6 Å². The highest BCUT2D eigenvalue weighted by Crippen LogP contribution is 2.44. The molecule has 2 aliphatic heterocycles. The van der Waals surface area contributed by atoms with E-state index in [0.717, 1.165) is 67.3 Å². The molecule has 3 aromatic rings. The Labute approximate surface area is 241 Å². The van der Waals surface area contributed by atoms with E-state index in [1.165, 1.54) is 12.8 Å². The number of hydrogen-bond acceptors (Lipinski definition) is 8. The van der Waals surface area contributed by atoms with Crippen molar-refractivity contribution in [3.05, 3.63) is 47.8 Å². The van der Waals surface area contributed by atoms with Crippen LogP contribution in [-0.4, -0.2) is 70.4 Å². The number of amides is 1. The summed E-state index contributed by atoms with van der Waals surface area (Å²) >= 11 is 0. The lowest BCUT2D eigenvalue weighted by atomic mass is 10.0. The van der Waals surface area contributed by atoms with E-state index in [2.05, 4.69) is 57.6 Å². The number of anilines is 3. The molecule has 1 aliphatic carbocycles. The highest BCUT2D eigenvalue weighted by atomic mass is 16.5. The van der Waals surface area contributed by atoms with Crippen LogP contribution in [0.2, 0.25) is 0 Å². The summed E-state index contributed by atoms with van der Waals surface area (Å²) in [5, 5.41) is 11.5. The molecule has 6 rings (SSSR count). The fourth-order valence-electron chi connectivity index (χ4n) is 5.94. The summed E-state index contributed by atoms with van der Waals surface area (Å²) in [5.41, 5.74) is 5.78. The number of rotatable bonds is 7. The number of guanidine groups is 1. The van der Waals surface area contributed by atoms with E-state index < -0.39 is 0 Å². The topological polar surface area (TPSA) is 99.9 Å². The average Bonchev–Trinajstić information content (AvgIpc) is 3.66. The summed E-state index contributed by atoms with van der Waals surface area (Å²) in [4.78, 5) is 27.8. The number of carbonyl (C=O) groups is 1. The molecule has 2 aromatic heterocycles. The van der Waals surface area contributed by atoms with Gasteiger partial charge in [-0.25, -0.2) is 4.68 Å². The fraction of sp³-hybridized carbons (Fsp3) is 0.484. The second kappa shape index (κ2) is 11.5. The monoisotopic (exact) mass is 556 g/mol. The SMILES string of the molecule is CCN(CC)CCNc1ccc2c(c1)N1/C(=N/C(=O)c3cc(C)nc(c3)-c3cnn(C)c3OCCCC1C1CC1)N2. The molecular formula is C31H40N8O2. The molecule has 41 heavy (non-hydrogen) atoms. The van der Waals surface area contributed by atoms with Gasteiger partial charge in [0.15, 0.2) is 0 Å². The highest BCUT2D eigenvalue weighted by molar-refractivity contribution is 6.19. The van der Waals surface area contributed by atoms with E-state index in [9.17, 15) is 4.79 Å². The van der Waals surface area contributed by atoms with Crippen molar-refractivity contribution in [3.8, 4) is 17.1 Å². The van der Waals surface area contributed by atoms with Gasteiger partial charge in [0.05, 0.1) is 35.4 Å². The second-order valence-corrected chi connectivity index (χ2v) is 11.2. The third-order valence-electron chi connectivity index (χ3n) is 8.33. The molecule has 1 amide bonds. The standard InChI is InChI=1S/C31H40N8O2/c1-5-38(6-2)14-13-32-23-11-12-25-28(18-23)39-27(21-9-10-21)8-7-15-41-30-24(19-33-37(30)4)26-17-22(16-20(3)34-26)29(40)36-31(39)35-25/h11-12,16-19,21,27,32H,5-10,13-15H2,1-4H3,(H,35,36,40). The number of aromatic nitrogens is 3. The van der Waals surface area contributed by atoms with Crippen molar-refractivity contribution in [2.45, 2.75) is 52.5 Å². The van der Waals surface area contributed by atoms with Crippen LogP contribution in [0.25, 0.3) is 11.3 Å².